The molecule has 0 aliphatic rings. The molecule has 0 saturated heterocycles. The van der Waals surface area contributed by atoms with Crippen LogP contribution >= 0.6 is 23.2 Å². The monoisotopic (exact) mass is 589 g/mol. The Balaban J connectivity index is 2.04. The van der Waals surface area contributed by atoms with E-state index in [4.69, 9.17) is 23.2 Å². The van der Waals surface area contributed by atoms with E-state index in [2.05, 4.69) is 5.32 Å². The molecule has 39 heavy (non-hydrogen) atoms. The molecule has 3 aromatic rings. The molecule has 0 radical (unpaired) electrons. The van der Waals surface area contributed by atoms with E-state index in [0.29, 0.717) is 21.3 Å². The van der Waals surface area contributed by atoms with E-state index in [1.807, 2.05) is 27.7 Å². The Morgan fingerprint density at radius 1 is 0.949 bits per heavy atom. The fourth-order valence-corrected chi connectivity index (χ4v) is 5.75. The predicted octanol–water partition coefficient (Wildman–Crippen LogP) is 5.83. The number of carbonyl (C=O) groups excluding carboxylic acids is 2. The molecule has 1 N–H and O–H groups in total. The number of anilines is 1. The van der Waals surface area contributed by atoms with Crippen molar-refractivity contribution >= 4 is 50.7 Å². The van der Waals surface area contributed by atoms with E-state index < -0.39 is 34.1 Å². The Labute approximate surface area is 240 Å². The van der Waals surface area contributed by atoms with Crippen LogP contribution in [-0.4, -0.2) is 43.3 Å². The van der Waals surface area contributed by atoms with E-state index >= 15 is 0 Å². The van der Waals surface area contributed by atoms with Crippen LogP contribution in [0.25, 0.3) is 0 Å². The molecule has 0 aromatic heterocycles. The third-order valence-electron chi connectivity index (χ3n) is 5.95. The molecular formula is C29H33Cl2N3O4S. The van der Waals surface area contributed by atoms with Gasteiger partial charge in [0.2, 0.25) is 11.8 Å². The molecule has 208 valence electrons. The molecule has 0 fully saturated rings. The van der Waals surface area contributed by atoms with E-state index in [1.165, 1.54) is 17.0 Å². The Morgan fingerprint density at radius 3 is 2.13 bits per heavy atom. The van der Waals surface area contributed by atoms with Crippen molar-refractivity contribution in [2.24, 2.45) is 0 Å². The first kappa shape index (κ1) is 30.5. The number of benzene rings is 3. The van der Waals surface area contributed by atoms with Crippen LogP contribution in [0.2, 0.25) is 10.0 Å². The minimum atomic E-state index is -4.12. The molecule has 0 saturated carbocycles. The smallest absolute Gasteiger partial charge is 0.264 e. The zero-order chi connectivity index (χ0) is 29.0. The van der Waals surface area contributed by atoms with Crippen molar-refractivity contribution in [3.63, 3.8) is 0 Å². The van der Waals surface area contributed by atoms with Crippen molar-refractivity contribution < 1.29 is 18.0 Å². The average Bonchev–Trinajstić information content (AvgIpc) is 2.86. The van der Waals surface area contributed by atoms with Crippen molar-refractivity contribution in [3.8, 4) is 0 Å². The third-order valence-corrected chi connectivity index (χ3v) is 8.33. The summed E-state index contributed by atoms with van der Waals surface area (Å²) in [5.74, 6) is -0.952. The van der Waals surface area contributed by atoms with Crippen molar-refractivity contribution in [2.45, 2.75) is 57.6 Å². The Morgan fingerprint density at radius 2 is 1.56 bits per heavy atom. The van der Waals surface area contributed by atoms with Crippen molar-refractivity contribution in [1.82, 2.24) is 10.2 Å². The Hall–Kier alpha value is -3.07. The number of hydrogen-bond acceptors (Lipinski definition) is 4. The van der Waals surface area contributed by atoms with Crippen molar-refractivity contribution in [2.75, 3.05) is 10.8 Å². The number of aryl methyl sites for hydroxylation is 1. The number of halogens is 2. The molecule has 0 aliphatic heterocycles. The lowest BCUT2D eigenvalue weighted by Crippen LogP contribution is -2.54. The molecule has 1 atom stereocenters. The first-order valence-electron chi connectivity index (χ1n) is 12.4. The SMILES string of the molecule is Cc1ccc(N(CC(=O)N(Cc2ccc(Cl)cc2Cl)[C@H](C)C(=O)NC(C)(C)C)S(=O)(=O)c2ccccc2)cc1. The van der Waals surface area contributed by atoms with Crippen LogP contribution in [0.15, 0.2) is 77.7 Å². The zero-order valence-corrected chi connectivity index (χ0v) is 24.9. The lowest BCUT2D eigenvalue weighted by molar-refractivity contribution is -0.140. The molecule has 7 nitrogen and oxygen atoms in total. The molecule has 2 amide bonds. The summed E-state index contributed by atoms with van der Waals surface area (Å²) in [6.07, 6.45) is 0. The highest BCUT2D eigenvalue weighted by Crippen LogP contribution is 2.26. The third kappa shape index (κ3) is 7.97. The van der Waals surface area contributed by atoms with Crippen LogP contribution in [-0.2, 0) is 26.2 Å². The number of carbonyl (C=O) groups is 2. The highest BCUT2D eigenvalue weighted by Gasteiger charge is 2.33. The van der Waals surface area contributed by atoms with Gasteiger partial charge in [-0.15, -0.1) is 0 Å². The van der Waals surface area contributed by atoms with Crippen LogP contribution in [0.4, 0.5) is 5.69 Å². The topological polar surface area (TPSA) is 86.8 Å². The van der Waals surface area contributed by atoms with Gasteiger partial charge < -0.3 is 10.2 Å². The second-order valence-electron chi connectivity index (χ2n) is 10.3. The molecule has 0 spiro atoms. The van der Waals surface area contributed by atoms with Gasteiger partial charge in [-0.3, -0.25) is 13.9 Å². The molecule has 0 aliphatic carbocycles. The van der Waals surface area contributed by atoms with Gasteiger partial charge in [-0.05, 0) is 76.6 Å². The summed E-state index contributed by atoms with van der Waals surface area (Å²) in [5.41, 5.74) is 1.29. The van der Waals surface area contributed by atoms with Gasteiger partial charge in [-0.2, -0.15) is 0 Å². The Kier molecular flexibility index (Phi) is 9.69. The Bertz CT molecular complexity index is 1420. The number of rotatable bonds is 9. The number of nitrogens with one attached hydrogen (secondary N) is 1. The van der Waals surface area contributed by atoms with Gasteiger partial charge in [-0.25, -0.2) is 8.42 Å². The molecule has 0 unspecified atom stereocenters. The van der Waals surface area contributed by atoms with Crippen LogP contribution in [0, 0.1) is 6.92 Å². The molecule has 0 heterocycles. The first-order chi connectivity index (χ1) is 18.2. The van der Waals surface area contributed by atoms with Gasteiger partial charge in [0.1, 0.15) is 12.6 Å². The molecule has 10 heteroatoms. The quantitative estimate of drug-likeness (QED) is 0.340. The zero-order valence-electron chi connectivity index (χ0n) is 22.6. The fraction of sp³-hybridized carbons (Fsp3) is 0.310. The van der Waals surface area contributed by atoms with E-state index in [9.17, 15) is 18.0 Å². The van der Waals surface area contributed by atoms with Gasteiger partial charge in [0.15, 0.2) is 0 Å². The minimum Gasteiger partial charge on any atom is -0.350 e. The predicted molar refractivity (Wildman–Crippen MR) is 157 cm³/mol. The van der Waals surface area contributed by atoms with Crippen molar-refractivity contribution in [3.05, 3.63) is 94.0 Å². The number of nitrogens with zero attached hydrogens (tertiary/aromatic N) is 2. The molecule has 3 aromatic carbocycles. The standard InChI is InChI=1S/C29H33Cl2N3O4S/c1-20-11-15-24(16-12-20)34(39(37,38)25-9-7-6-8-10-25)19-27(35)33(21(2)28(36)32-29(3,4)5)18-22-13-14-23(30)17-26(22)31/h6-17,21H,18-19H2,1-5H3,(H,32,36)/t21-/m1/s1. The second-order valence-corrected chi connectivity index (χ2v) is 13.0. The summed E-state index contributed by atoms with van der Waals surface area (Å²) < 4.78 is 28.6. The maximum atomic E-state index is 13.9. The van der Waals surface area contributed by atoms with E-state index in [1.54, 1.807) is 67.6 Å². The lowest BCUT2D eigenvalue weighted by Gasteiger charge is -2.33. The van der Waals surface area contributed by atoms with Crippen LogP contribution in [0.3, 0.4) is 0 Å². The maximum absolute atomic E-state index is 13.9. The summed E-state index contributed by atoms with van der Waals surface area (Å²) in [6, 6.07) is 18.7. The normalized spacial score (nSPS) is 12.5. The van der Waals surface area contributed by atoms with Crippen LogP contribution in [0.1, 0.15) is 38.8 Å². The van der Waals surface area contributed by atoms with Gasteiger partial charge in [0.25, 0.3) is 10.0 Å². The van der Waals surface area contributed by atoms with E-state index in [-0.39, 0.29) is 17.3 Å². The number of amides is 2. The molecule has 3 rings (SSSR count). The summed E-state index contributed by atoms with van der Waals surface area (Å²) in [4.78, 5) is 28.5. The summed E-state index contributed by atoms with van der Waals surface area (Å²) in [6.45, 7) is 8.45. The van der Waals surface area contributed by atoms with Gasteiger partial charge in [0, 0.05) is 22.1 Å². The largest absolute Gasteiger partial charge is 0.350 e. The minimum absolute atomic E-state index is 0.0271. The summed E-state index contributed by atoms with van der Waals surface area (Å²) in [5, 5.41) is 3.65. The van der Waals surface area contributed by atoms with Crippen LogP contribution < -0.4 is 9.62 Å². The number of hydrogen-bond donors (Lipinski definition) is 1. The highest BCUT2D eigenvalue weighted by molar-refractivity contribution is 7.92. The fourth-order valence-electron chi connectivity index (χ4n) is 3.85. The highest BCUT2D eigenvalue weighted by atomic mass is 35.5. The first-order valence-corrected chi connectivity index (χ1v) is 14.6. The van der Waals surface area contributed by atoms with Crippen LogP contribution in [0.5, 0.6) is 0 Å². The summed E-state index contributed by atoms with van der Waals surface area (Å²) >= 11 is 12.5. The number of sulfonamides is 1. The summed E-state index contributed by atoms with van der Waals surface area (Å²) in [7, 11) is -4.12. The molecular weight excluding hydrogens is 557 g/mol. The van der Waals surface area contributed by atoms with Gasteiger partial charge in [-0.1, -0.05) is 65.2 Å². The average molecular weight is 591 g/mol. The van der Waals surface area contributed by atoms with Crippen molar-refractivity contribution in [1.29, 1.82) is 0 Å². The van der Waals surface area contributed by atoms with Gasteiger partial charge in [0.05, 0.1) is 10.6 Å². The maximum Gasteiger partial charge on any atom is 0.264 e. The molecule has 0 bridgehead atoms. The van der Waals surface area contributed by atoms with Gasteiger partial charge >= 0.3 is 0 Å². The second kappa shape index (κ2) is 12.4. The van der Waals surface area contributed by atoms with E-state index in [0.717, 1.165) is 9.87 Å². The lowest BCUT2D eigenvalue weighted by atomic mass is 10.1.